The molecule has 0 heterocycles. The summed E-state index contributed by atoms with van der Waals surface area (Å²) in [6.07, 6.45) is 0.276. The molecule has 0 aromatic heterocycles. The van der Waals surface area contributed by atoms with Crippen molar-refractivity contribution >= 4 is 5.91 Å². The van der Waals surface area contributed by atoms with Crippen molar-refractivity contribution in [3.8, 4) is 5.75 Å². The third-order valence-electron chi connectivity index (χ3n) is 2.11. The van der Waals surface area contributed by atoms with Gasteiger partial charge in [-0.05, 0) is 31.8 Å². The number of likely N-dealkylation sites (N-methyl/N-ethyl adjacent to an activating group) is 1. The van der Waals surface area contributed by atoms with Gasteiger partial charge in [-0.1, -0.05) is 12.1 Å². The fraction of sp³-hybridized carbons (Fsp3) is 0.417. The van der Waals surface area contributed by atoms with Gasteiger partial charge in [0.2, 0.25) is 5.91 Å². The number of amides is 1. The van der Waals surface area contributed by atoms with Crippen molar-refractivity contribution in [2.24, 2.45) is 5.73 Å². The molecule has 2 N–H and O–H groups in total. The average Bonchev–Trinajstić information content (AvgIpc) is 2.19. The van der Waals surface area contributed by atoms with Crippen molar-refractivity contribution in [2.75, 3.05) is 27.2 Å². The van der Waals surface area contributed by atoms with Gasteiger partial charge >= 0.3 is 0 Å². The first-order valence-electron chi connectivity index (χ1n) is 5.22. The molecule has 0 aliphatic carbocycles. The number of nitrogens with zero attached hydrogens (tertiary/aromatic N) is 1. The van der Waals surface area contributed by atoms with Gasteiger partial charge in [0.1, 0.15) is 12.4 Å². The third-order valence-corrected chi connectivity index (χ3v) is 2.11. The van der Waals surface area contributed by atoms with Gasteiger partial charge < -0.3 is 15.4 Å². The predicted molar refractivity (Wildman–Crippen MR) is 63.4 cm³/mol. The maximum atomic E-state index is 10.7. The van der Waals surface area contributed by atoms with Crippen LogP contribution < -0.4 is 10.5 Å². The number of rotatable bonds is 6. The van der Waals surface area contributed by atoms with E-state index in [9.17, 15) is 4.79 Å². The zero-order valence-corrected chi connectivity index (χ0v) is 9.77. The predicted octanol–water partition coefficient (Wildman–Crippen LogP) is 0.655. The number of carbonyl (C=O) groups excluding carboxylic acids is 1. The number of carbonyl (C=O) groups is 1. The van der Waals surface area contributed by atoms with E-state index < -0.39 is 0 Å². The summed E-state index contributed by atoms with van der Waals surface area (Å²) in [5.74, 6) is 0.497. The molecule has 0 aliphatic rings. The highest BCUT2D eigenvalue weighted by Crippen LogP contribution is 2.12. The first kappa shape index (κ1) is 12.5. The van der Waals surface area contributed by atoms with Gasteiger partial charge in [-0.15, -0.1) is 0 Å². The molecule has 0 radical (unpaired) electrons. The minimum Gasteiger partial charge on any atom is -0.492 e. The molecule has 4 heteroatoms. The summed E-state index contributed by atoms with van der Waals surface area (Å²) in [5, 5.41) is 0. The van der Waals surface area contributed by atoms with Crippen molar-refractivity contribution in [1.29, 1.82) is 0 Å². The molecule has 0 bridgehead atoms. The summed E-state index contributed by atoms with van der Waals surface area (Å²) < 4.78 is 5.52. The SMILES string of the molecule is CN(C)CCOc1ccc(CC(N)=O)cc1. The molecule has 1 aromatic carbocycles. The summed E-state index contributed by atoms with van der Waals surface area (Å²) in [4.78, 5) is 12.7. The van der Waals surface area contributed by atoms with E-state index in [-0.39, 0.29) is 12.3 Å². The average molecular weight is 222 g/mol. The van der Waals surface area contributed by atoms with Gasteiger partial charge in [-0.25, -0.2) is 0 Å². The fourth-order valence-corrected chi connectivity index (χ4v) is 1.25. The van der Waals surface area contributed by atoms with Crippen molar-refractivity contribution in [1.82, 2.24) is 4.90 Å². The van der Waals surface area contributed by atoms with Crippen molar-refractivity contribution in [3.05, 3.63) is 29.8 Å². The second-order valence-electron chi connectivity index (χ2n) is 3.94. The fourth-order valence-electron chi connectivity index (χ4n) is 1.25. The second-order valence-corrected chi connectivity index (χ2v) is 3.94. The lowest BCUT2D eigenvalue weighted by atomic mass is 10.1. The summed E-state index contributed by atoms with van der Waals surface area (Å²) in [7, 11) is 4.00. The smallest absolute Gasteiger partial charge is 0.221 e. The largest absolute Gasteiger partial charge is 0.492 e. The number of nitrogens with two attached hydrogens (primary N) is 1. The van der Waals surface area contributed by atoms with Gasteiger partial charge in [0.05, 0.1) is 6.42 Å². The van der Waals surface area contributed by atoms with E-state index in [1.165, 1.54) is 0 Å². The number of benzene rings is 1. The highest BCUT2D eigenvalue weighted by molar-refractivity contribution is 5.76. The summed E-state index contributed by atoms with van der Waals surface area (Å²) in [6, 6.07) is 7.42. The Labute approximate surface area is 96.0 Å². The molecule has 0 aliphatic heterocycles. The van der Waals surface area contributed by atoms with Gasteiger partial charge in [0.15, 0.2) is 0 Å². The van der Waals surface area contributed by atoms with Crippen LogP contribution in [0.25, 0.3) is 0 Å². The Kier molecular flexibility index (Phi) is 4.79. The lowest BCUT2D eigenvalue weighted by molar-refractivity contribution is -0.117. The first-order chi connectivity index (χ1) is 7.58. The lowest BCUT2D eigenvalue weighted by Crippen LogP contribution is -2.19. The number of hydrogen-bond donors (Lipinski definition) is 1. The molecule has 88 valence electrons. The molecule has 1 rings (SSSR count). The second kappa shape index (κ2) is 6.12. The van der Waals surface area contributed by atoms with E-state index in [4.69, 9.17) is 10.5 Å². The van der Waals surface area contributed by atoms with Crippen molar-refractivity contribution in [2.45, 2.75) is 6.42 Å². The minimum absolute atomic E-state index is 0.276. The van der Waals surface area contributed by atoms with E-state index in [1.54, 1.807) is 0 Å². The molecule has 0 fully saturated rings. The van der Waals surface area contributed by atoms with Crippen LogP contribution in [-0.2, 0) is 11.2 Å². The van der Waals surface area contributed by atoms with E-state index >= 15 is 0 Å². The van der Waals surface area contributed by atoms with Crippen LogP contribution in [0.1, 0.15) is 5.56 Å². The Morgan fingerprint density at radius 1 is 1.31 bits per heavy atom. The Morgan fingerprint density at radius 2 is 1.94 bits per heavy atom. The molecule has 0 atom stereocenters. The van der Waals surface area contributed by atoms with E-state index in [1.807, 2.05) is 38.4 Å². The van der Waals surface area contributed by atoms with Gasteiger partial charge in [0, 0.05) is 6.54 Å². The minimum atomic E-state index is -0.318. The molecule has 0 spiro atoms. The van der Waals surface area contributed by atoms with Crippen LogP contribution in [0.2, 0.25) is 0 Å². The van der Waals surface area contributed by atoms with Crippen molar-refractivity contribution in [3.63, 3.8) is 0 Å². The Bertz CT molecular complexity index is 333. The molecule has 0 unspecified atom stereocenters. The molecule has 0 saturated carbocycles. The third kappa shape index (κ3) is 4.79. The number of ether oxygens (including phenoxy) is 1. The molecule has 1 amide bonds. The van der Waals surface area contributed by atoms with Crippen LogP contribution >= 0.6 is 0 Å². The molecular formula is C12H18N2O2. The molecule has 4 nitrogen and oxygen atoms in total. The molecule has 1 aromatic rings. The molecule has 0 saturated heterocycles. The van der Waals surface area contributed by atoms with Gasteiger partial charge in [-0.2, -0.15) is 0 Å². The Balaban J connectivity index is 2.42. The maximum absolute atomic E-state index is 10.7. The Morgan fingerprint density at radius 3 is 2.44 bits per heavy atom. The first-order valence-corrected chi connectivity index (χ1v) is 5.22. The zero-order valence-electron chi connectivity index (χ0n) is 9.77. The van der Waals surface area contributed by atoms with Crippen LogP contribution in [0.4, 0.5) is 0 Å². The Hall–Kier alpha value is -1.55. The van der Waals surface area contributed by atoms with Crippen LogP contribution in [0.15, 0.2) is 24.3 Å². The monoisotopic (exact) mass is 222 g/mol. The lowest BCUT2D eigenvalue weighted by Gasteiger charge is -2.11. The summed E-state index contributed by atoms with van der Waals surface area (Å²) >= 11 is 0. The molecule has 16 heavy (non-hydrogen) atoms. The maximum Gasteiger partial charge on any atom is 0.221 e. The highest BCUT2D eigenvalue weighted by Gasteiger charge is 1.99. The summed E-state index contributed by atoms with van der Waals surface area (Å²) in [5.41, 5.74) is 6.01. The van der Waals surface area contributed by atoms with Gasteiger partial charge in [0.25, 0.3) is 0 Å². The van der Waals surface area contributed by atoms with Crippen LogP contribution in [0.3, 0.4) is 0 Å². The summed E-state index contributed by atoms with van der Waals surface area (Å²) in [6.45, 7) is 1.53. The van der Waals surface area contributed by atoms with E-state index in [0.717, 1.165) is 17.9 Å². The normalized spacial score (nSPS) is 10.4. The van der Waals surface area contributed by atoms with E-state index in [2.05, 4.69) is 4.90 Å². The van der Waals surface area contributed by atoms with E-state index in [0.29, 0.717) is 6.61 Å². The standard InChI is InChI=1S/C12H18N2O2/c1-14(2)7-8-16-11-5-3-10(4-6-11)9-12(13)15/h3-6H,7-9H2,1-2H3,(H2,13,15). The quantitative estimate of drug-likeness (QED) is 0.769. The van der Waals surface area contributed by atoms with Crippen LogP contribution in [0.5, 0.6) is 5.75 Å². The van der Waals surface area contributed by atoms with Gasteiger partial charge in [-0.3, -0.25) is 4.79 Å². The van der Waals surface area contributed by atoms with Crippen LogP contribution in [0, 0.1) is 0 Å². The van der Waals surface area contributed by atoms with Crippen LogP contribution in [-0.4, -0.2) is 38.1 Å². The zero-order chi connectivity index (χ0) is 12.0. The molecular weight excluding hydrogens is 204 g/mol. The topological polar surface area (TPSA) is 55.6 Å². The highest BCUT2D eigenvalue weighted by atomic mass is 16.5. The number of hydrogen-bond acceptors (Lipinski definition) is 3. The number of primary amides is 1. The van der Waals surface area contributed by atoms with Crippen molar-refractivity contribution < 1.29 is 9.53 Å².